The van der Waals surface area contributed by atoms with Gasteiger partial charge < -0.3 is 10.2 Å². The second-order valence-electron chi connectivity index (χ2n) is 4.92. The number of nitrogens with one attached hydrogen (secondary N) is 1. The second-order valence-corrected chi connectivity index (χ2v) is 5.36. The average molecular weight is 267 g/mol. The highest BCUT2D eigenvalue weighted by Crippen LogP contribution is 2.23. The molecule has 0 saturated heterocycles. The summed E-state index contributed by atoms with van der Waals surface area (Å²) in [6, 6.07) is 8.02. The number of amides is 2. The van der Waals surface area contributed by atoms with Crippen molar-refractivity contribution in [1.82, 2.24) is 10.2 Å². The minimum atomic E-state index is -0.00724. The molecule has 1 aliphatic rings. The molecule has 1 atom stereocenters. The molecule has 18 heavy (non-hydrogen) atoms. The first-order valence-electron chi connectivity index (χ1n) is 6.36. The Hall–Kier alpha value is -1.22. The van der Waals surface area contributed by atoms with E-state index in [9.17, 15) is 4.79 Å². The number of halogens is 1. The van der Waals surface area contributed by atoms with Crippen molar-refractivity contribution in [3.63, 3.8) is 0 Å². The number of hydrogen-bond acceptors (Lipinski definition) is 1. The fourth-order valence-electron chi connectivity index (χ4n) is 1.99. The molecule has 1 N–H and O–H groups in total. The summed E-state index contributed by atoms with van der Waals surface area (Å²) < 4.78 is 0. The van der Waals surface area contributed by atoms with Crippen molar-refractivity contribution in [2.75, 3.05) is 7.05 Å². The number of benzene rings is 1. The Balaban J connectivity index is 1.98. The number of carbonyl (C=O) groups is 1. The zero-order chi connectivity index (χ0) is 13.1. The predicted octanol–water partition coefficient (Wildman–Crippen LogP) is 3.59. The lowest BCUT2D eigenvalue weighted by molar-refractivity contribution is 0.183. The van der Waals surface area contributed by atoms with Gasteiger partial charge in [-0.2, -0.15) is 0 Å². The first kappa shape index (κ1) is 13.2. The summed E-state index contributed by atoms with van der Waals surface area (Å²) in [6.07, 6.45) is 3.43. The summed E-state index contributed by atoms with van der Waals surface area (Å²) in [7, 11) is 1.82. The standard InChI is InChI=1S/C14H19ClN2O/c1-10(11-5-3-6-12(15)9-11)17(2)14(18)16-13-7-4-8-13/h3,5-6,9-10,13H,4,7-8H2,1-2H3,(H,16,18). The summed E-state index contributed by atoms with van der Waals surface area (Å²) in [5, 5.41) is 3.74. The first-order chi connectivity index (χ1) is 8.58. The van der Waals surface area contributed by atoms with Crippen LogP contribution in [0.3, 0.4) is 0 Å². The molecule has 0 radical (unpaired) electrons. The number of urea groups is 1. The lowest BCUT2D eigenvalue weighted by atomic mass is 9.93. The van der Waals surface area contributed by atoms with Crippen LogP contribution < -0.4 is 5.32 Å². The molecular weight excluding hydrogens is 248 g/mol. The molecule has 1 aromatic carbocycles. The van der Waals surface area contributed by atoms with Crippen molar-refractivity contribution in [3.05, 3.63) is 34.9 Å². The van der Waals surface area contributed by atoms with Gasteiger partial charge in [-0.1, -0.05) is 23.7 Å². The van der Waals surface area contributed by atoms with E-state index in [1.54, 1.807) is 4.90 Å². The van der Waals surface area contributed by atoms with Gasteiger partial charge in [0.1, 0.15) is 0 Å². The molecule has 1 aliphatic carbocycles. The summed E-state index contributed by atoms with van der Waals surface area (Å²) in [4.78, 5) is 13.8. The molecule has 0 spiro atoms. The summed E-state index contributed by atoms with van der Waals surface area (Å²) in [5.74, 6) is 0. The lowest BCUT2D eigenvalue weighted by Gasteiger charge is -2.31. The predicted molar refractivity (Wildman–Crippen MR) is 73.8 cm³/mol. The van der Waals surface area contributed by atoms with Crippen LogP contribution >= 0.6 is 11.6 Å². The van der Waals surface area contributed by atoms with Gasteiger partial charge in [0, 0.05) is 18.1 Å². The molecule has 98 valence electrons. The summed E-state index contributed by atoms with van der Waals surface area (Å²) in [6.45, 7) is 2.01. The molecule has 2 amide bonds. The largest absolute Gasteiger partial charge is 0.335 e. The second kappa shape index (κ2) is 5.61. The molecule has 0 aromatic heterocycles. The van der Waals surface area contributed by atoms with E-state index in [-0.39, 0.29) is 12.1 Å². The van der Waals surface area contributed by atoms with E-state index in [1.165, 1.54) is 6.42 Å². The fourth-order valence-corrected chi connectivity index (χ4v) is 2.19. The van der Waals surface area contributed by atoms with Crippen molar-refractivity contribution in [2.45, 2.75) is 38.3 Å². The van der Waals surface area contributed by atoms with Gasteiger partial charge in [0.05, 0.1) is 6.04 Å². The highest BCUT2D eigenvalue weighted by Gasteiger charge is 2.23. The van der Waals surface area contributed by atoms with Gasteiger partial charge in [-0.15, -0.1) is 0 Å². The van der Waals surface area contributed by atoms with Gasteiger partial charge in [-0.05, 0) is 43.9 Å². The van der Waals surface area contributed by atoms with Crippen LogP contribution in [-0.4, -0.2) is 24.0 Å². The molecule has 0 aliphatic heterocycles. The molecular formula is C14H19ClN2O. The monoisotopic (exact) mass is 266 g/mol. The minimum absolute atomic E-state index is 0.00724. The number of carbonyl (C=O) groups excluding carboxylic acids is 1. The van der Waals surface area contributed by atoms with E-state index >= 15 is 0 Å². The van der Waals surface area contributed by atoms with E-state index in [1.807, 2.05) is 38.2 Å². The van der Waals surface area contributed by atoms with Crippen LogP contribution in [0.25, 0.3) is 0 Å². The third kappa shape index (κ3) is 2.96. The van der Waals surface area contributed by atoms with Gasteiger partial charge in [0.25, 0.3) is 0 Å². The lowest BCUT2D eigenvalue weighted by Crippen LogP contribution is -2.46. The quantitative estimate of drug-likeness (QED) is 0.891. The van der Waals surface area contributed by atoms with Gasteiger partial charge in [0.15, 0.2) is 0 Å². The van der Waals surface area contributed by atoms with Crippen LogP contribution in [0.5, 0.6) is 0 Å². The Bertz CT molecular complexity index is 432. The van der Waals surface area contributed by atoms with Crippen LogP contribution in [0.1, 0.15) is 37.8 Å². The Morgan fingerprint density at radius 3 is 2.78 bits per heavy atom. The third-order valence-electron chi connectivity index (χ3n) is 3.67. The van der Waals surface area contributed by atoms with E-state index in [4.69, 9.17) is 11.6 Å². The van der Waals surface area contributed by atoms with Gasteiger partial charge in [-0.3, -0.25) is 0 Å². The smallest absolute Gasteiger partial charge is 0.317 e. The Morgan fingerprint density at radius 2 is 2.22 bits per heavy atom. The van der Waals surface area contributed by atoms with Crippen molar-refractivity contribution in [2.24, 2.45) is 0 Å². The van der Waals surface area contributed by atoms with Crippen LogP contribution in [0.2, 0.25) is 5.02 Å². The van der Waals surface area contributed by atoms with Crippen LogP contribution in [0.15, 0.2) is 24.3 Å². The van der Waals surface area contributed by atoms with E-state index in [0.717, 1.165) is 18.4 Å². The Labute approximate surface area is 113 Å². The molecule has 3 nitrogen and oxygen atoms in total. The third-order valence-corrected chi connectivity index (χ3v) is 3.90. The van der Waals surface area contributed by atoms with Gasteiger partial charge in [-0.25, -0.2) is 4.79 Å². The highest BCUT2D eigenvalue weighted by molar-refractivity contribution is 6.30. The minimum Gasteiger partial charge on any atom is -0.335 e. The molecule has 1 aromatic rings. The fraction of sp³-hybridized carbons (Fsp3) is 0.500. The maximum absolute atomic E-state index is 12.0. The Morgan fingerprint density at radius 1 is 1.50 bits per heavy atom. The zero-order valence-corrected chi connectivity index (χ0v) is 11.6. The van der Waals surface area contributed by atoms with Gasteiger partial charge >= 0.3 is 6.03 Å². The molecule has 1 saturated carbocycles. The number of nitrogens with zero attached hydrogens (tertiary/aromatic N) is 1. The van der Waals surface area contributed by atoms with Crippen molar-refractivity contribution in [1.29, 1.82) is 0 Å². The molecule has 0 bridgehead atoms. The molecule has 2 rings (SSSR count). The Kier molecular flexibility index (Phi) is 4.12. The molecule has 1 fully saturated rings. The molecule has 4 heteroatoms. The van der Waals surface area contributed by atoms with Crippen molar-refractivity contribution >= 4 is 17.6 Å². The number of hydrogen-bond donors (Lipinski definition) is 1. The molecule has 0 heterocycles. The van der Waals surface area contributed by atoms with Crippen molar-refractivity contribution < 1.29 is 4.79 Å². The maximum Gasteiger partial charge on any atom is 0.317 e. The van der Waals surface area contributed by atoms with E-state index < -0.39 is 0 Å². The summed E-state index contributed by atoms with van der Waals surface area (Å²) in [5.41, 5.74) is 1.05. The number of rotatable bonds is 3. The van der Waals surface area contributed by atoms with Crippen LogP contribution in [0.4, 0.5) is 4.79 Å². The topological polar surface area (TPSA) is 32.3 Å². The maximum atomic E-state index is 12.0. The SMILES string of the molecule is CC(c1cccc(Cl)c1)N(C)C(=O)NC1CCC1. The van der Waals surface area contributed by atoms with Crippen molar-refractivity contribution in [3.8, 4) is 0 Å². The summed E-state index contributed by atoms with van der Waals surface area (Å²) >= 11 is 5.97. The van der Waals surface area contributed by atoms with Crippen LogP contribution in [-0.2, 0) is 0 Å². The van der Waals surface area contributed by atoms with E-state index in [0.29, 0.717) is 11.1 Å². The average Bonchev–Trinajstić information content (AvgIpc) is 2.31. The highest BCUT2D eigenvalue weighted by atomic mass is 35.5. The van der Waals surface area contributed by atoms with Crippen LogP contribution in [0, 0.1) is 0 Å². The normalized spacial score (nSPS) is 16.8. The zero-order valence-electron chi connectivity index (χ0n) is 10.8. The van der Waals surface area contributed by atoms with Gasteiger partial charge in [0.2, 0.25) is 0 Å². The first-order valence-corrected chi connectivity index (χ1v) is 6.74. The molecule has 1 unspecified atom stereocenters. The van der Waals surface area contributed by atoms with E-state index in [2.05, 4.69) is 5.32 Å².